The molecule has 0 aliphatic carbocycles. The lowest BCUT2D eigenvalue weighted by molar-refractivity contribution is 0.0917. The molecule has 0 amide bonds. The van der Waals surface area contributed by atoms with Gasteiger partial charge >= 0.3 is 0 Å². The molecular formula is C18H16O5. The van der Waals surface area contributed by atoms with Gasteiger partial charge in [-0.1, -0.05) is 12.1 Å². The van der Waals surface area contributed by atoms with E-state index in [0.717, 1.165) is 0 Å². The first-order valence-corrected chi connectivity index (χ1v) is 7.38. The highest BCUT2D eigenvalue weighted by Crippen LogP contribution is 2.31. The molecule has 0 saturated heterocycles. The van der Waals surface area contributed by atoms with Crippen LogP contribution in [0.25, 0.3) is 0 Å². The molecule has 5 heteroatoms. The van der Waals surface area contributed by atoms with Crippen LogP contribution in [-0.4, -0.2) is 29.9 Å². The topological polar surface area (TPSA) is 72.8 Å². The van der Waals surface area contributed by atoms with Gasteiger partial charge in [0, 0.05) is 24.0 Å². The Labute approximate surface area is 133 Å². The molecule has 0 fully saturated rings. The summed E-state index contributed by atoms with van der Waals surface area (Å²) < 4.78 is 10.9. The van der Waals surface area contributed by atoms with Crippen molar-refractivity contribution in [2.45, 2.75) is 12.8 Å². The summed E-state index contributed by atoms with van der Waals surface area (Å²) in [6.45, 7) is 0.958. The van der Waals surface area contributed by atoms with Crippen LogP contribution in [0.3, 0.4) is 0 Å². The van der Waals surface area contributed by atoms with Gasteiger partial charge in [0.1, 0.15) is 19.0 Å². The molecule has 0 aromatic heterocycles. The van der Waals surface area contributed by atoms with Gasteiger partial charge in [-0.15, -0.1) is 0 Å². The smallest absolute Gasteiger partial charge is 0.163 e. The molecule has 1 aliphatic heterocycles. The van der Waals surface area contributed by atoms with Crippen LogP contribution in [0, 0.1) is 0 Å². The van der Waals surface area contributed by atoms with E-state index in [-0.39, 0.29) is 30.2 Å². The van der Waals surface area contributed by atoms with E-state index in [4.69, 9.17) is 9.47 Å². The minimum Gasteiger partial charge on any atom is -0.508 e. The molecule has 3 rings (SSSR count). The average molecular weight is 312 g/mol. The standard InChI is InChI=1S/C18H16O5/c19-14-3-1-2-12(10-14)15(20)5-6-16(21)13-4-7-17-18(11-13)23-9-8-22-17/h1-4,7,10-11,19H,5-6,8-9H2. The minimum atomic E-state index is -0.174. The lowest BCUT2D eigenvalue weighted by Crippen LogP contribution is -2.16. The van der Waals surface area contributed by atoms with Crippen LogP contribution in [-0.2, 0) is 0 Å². The normalized spacial score (nSPS) is 12.7. The maximum atomic E-state index is 12.2. The molecule has 1 aliphatic rings. The van der Waals surface area contributed by atoms with Gasteiger partial charge < -0.3 is 14.6 Å². The highest BCUT2D eigenvalue weighted by Gasteiger charge is 2.16. The summed E-state index contributed by atoms with van der Waals surface area (Å²) >= 11 is 0. The number of Topliss-reactive ketones (excluding diaryl/α,β-unsaturated/α-hetero) is 2. The molecule has 5 nitrogen and oxygen atoms in total. The monoisotopic (exact) mass is 312 g/mol. The Balaban J connectivity index is 1.64. The summed E-state index contributed by atoms with van der Waals surface area (Å²) in [6.07, 6.45) is 0.199. The first-order chi connectivity index (χ1) is 11.1. The number of carbonyl (C=O) groups is 2. The Kier molecular flexibility index (Phi) is 4.28. The van der Waals surface area contributed by atoms with E-state index in [9.17, 15) is 14.7 Å². The molecular weight excluding hydrogens is 296 g/mol. The van der Waals surface area contributed by atoms with Crippen LogP contribution in [0.5, 0.6) is 17.2 Å². The molecule has 0 unspecified atom stereocenters. The predicted molar refractivity (Wildman–Crippen MR) is 83.4 cm³/mol. The molecule has 2 aromatic rings. The average Bonchev–Trinajstić information content (AvgIpc) is 2.59. The van der Waals surface area contributed by atoms with Crippen molar-refractivity contribution in [2.24, 2.45) is 0 Å². The number of hydrogen-bond donors (Lipinski definition) is 1. The summed E-state index contributed by atoms with van der Waals surface area (Å²) in [4.78, 5) is 24.3. The highest BCUT2D eigenvalue weighted by molar-refractivity contribution is 6.02. The van der Waals surface area contributed by atoms with Crippen LogP contribution < -0.4 is 9.47 Å². The Morgan fingerprint density at radius 2 is 1.52 bits per heavy atom. The quantitative estimate of drug-likeness (QED) is 0.859. The van der Waals surface area contributed by atoms with Crippen molar-refractivity contribution in [2.75, 3.05) is 13.2 Å². The summed E-state index contributed by atoms with van der Waals surface area (Å²) in [5, 5.41) is 9.39. The van der Waals surface area contributed by atoms with Gasteiger partial charge in [-0.05, 0) is 30.3 Å². The number of fused-ring (bicyclic) bond motifs is 1. The summed E-state index contributed by atoms with van der Waals surface area (Å²) in [6, 6.07) is 11.2. The van der Waals surface area contributed by atoms with Crippen LogP contribution in [0.4, 0.5) is 0 Å². The number of phenols is 1. The molecule has 23 heavy (non-hydrogen) atoms. The van der Waals surface area contributed by atoms with Gasteiger partial charge in [0.25, 0.3) is 0 Å². The SMILES string of the molecule is O=C(CCC(=O)c1ccc2c(c1)OCCO2)c1cccc(O)c1. The molecule has 0 saturated carbocycles. The van der Waals surface area contributed by atoms with Gasteiger partial charge in [-0.25, -0.2) is 0 Å². The van der Waals surface area contributed by atoms with Crippen molar-refractivity contribution in [3.63, 3.8) is 0 Å². The number of phenolic OH excluding ortho intramolecular Hbond substituents is 1. The molecule has 2 aromatic carbocycles. The number of rotatable bonds is 5. The van der Waals surface area contributed by atoms with Crippen molar-refractivity contribution in [1.29, 1.82) is 0 Å². The highest BCUT2D eigenvalue weighted by atomic mass is 16.6. The van der Waals surface area contributed by atoms with Gasteiger partial charge in [0.15, 0.2) is 23.1 Å². The van der Waals surface area contributed by atoms with Crippen LogP contribution in [0.15, 0.2) is 42.5 Å². The number of ether oxygens (including phenoxy) is 2. The fraction of sp³-hybridized carbons (Fsp3) is 0.222. The molecule has 0 spiro atoms. The van der Waals surface area contributed by atoms with Crippen LogP contribution >= 0.6 is 0 Å². The Hall–Kier alpha value is -2.82. The maximum Gasteiger partial charge on any atom is 0.163 e. The van der Waals surface area contributed by atoms with Crippen LogP contribution in [0.1, 0.15) is 33.6 Å². The molecule has 0 atom stereocenters. The molecule has 1 N–H and O–H groups in total. The third-order valence-electron chi connectivity index (χ3n) is 3.61. The third kappa shape index (κ3) is 3.51. The van der Waals surface area contributed by atoms with Gasteiger partial charge in [-0.3, -0.25) is 9.59 Å². The van der Waals surface area contributed by atoms with E-state index in [1.807, 2.05) is 0 Å². The summed E-state index contributed by atoms with van der Waals surface area (Å²) in [7, 11) is 0. The van der Waals surface area contributed by atoms with E-state index in [0.29, 0.717) is 35.8 Å². The fourth-order valence-corrected chi connectivity index (χ4v) is 2.41. The molecule has 1 heterocycles. The van der Waals surface area contributed by atoms with Crippen LogP contribution in [0.2, 0.25) is 0 Å². The van der Waals surface area contributed by atoms with E-state index < -0.39 is 0 Å². The summed E-state index contributed by atoms with van der Waals surface area (Å²) in [5.41, 5.74) is 0.901. The van der Waals surface area contributed by atoms with E-state index in [1.54, 1.807) is 30.3 Å². The lowest BCUT2D eigenvalue weighted by Gasteiger charge is -2.18. The van der Waals surface area contributed by atoms with E-state index >= 15 is 0 Å². The summed E-state index contributed by atoms with van der Waals surface area (Å²) in [5.74, 6) is 0.918. The second-order valence-corrected chi connectivity index (χ2v) is 5.26. The number of aromatic hydroxyl groups is 1. The van der Waals surface area contributed by atoms with E-state index in [1.165, 1.54) is 12.1 Å². The Morgan fingerprint density at radius 3 is 2.22 bits per heavy atom. The number of carbonyl (C=O) groups excluding carboxylic acids is 2. The molecule has 0 bridgehead atoms. The fourth-order valence-electron chi connectivity index (χ4n) is 2.41. The minimum absolute atomic E-state index is 0.0361. The van der Waals surface area contributed by atoms with Crippen molar-refractivity contribution in [1.82, 2.24) is 0 Å². The van der Waals surface area contributed by atoms with Crippen molar-refractivity contribution >= 4 is 11.6 Å². The van der Waals surface area contributed by atoms with Gasteiger partial charge in [0.05, 0.1) is 0 Å². The zero-order valence-corrected chi connectivity index (χ0v) is 12.5. The first-order valence-electron chi connectivity index (χ1n) is 7.38. The third-order valence-corrected chi connectivity index (χ3v) is 3.61. The zero-order valence-electron chi connectivity index (χ0n) is 12.5. The maximum absolute atomic E-state index is 12.2. The Bertz CT molecular complexity index is 751. The van der Waals surface area contributed by atoms with Gasteiger partial charge in [-0.2, -0.15) is 0 Å². The number of hydrogen-bond acceptors (Lipinski definition) is 5. The largest absolute Gasteiger partial charge is 0.508 e. The van der Waals surface area contributed by atoms with Crippen molar-refractivity contribution in [3.8, 4) is 17.2 Å². The first kappa shape index (κ1) is 15.1. The van der Waals surface area contributed by atoms with Crippen molar-refractivity contribution < 1.29 is 24.2 Å². The number of ketones is 2. The van der Waals surface area contributed by atoms with Gasteiger partial charge in [0.2, 0.25) is 0 Å². The molecule has 0 radical (unpaired) electrons. The predicted octanol–water partition coefficient (Wildman–Crippen LogP) is 3.01. The zero-order chi connectivity index (χ0) is 16.2. The second-order valence-electron chi connectivity index (χ2n) is 5.26. The number of benzene rings is 2. The molecule has 118 valence electrons. The second kappa shape index (κ2) is 6.52. The lowest BCUT2D eigenvalue weighted by atomic mass is 10.0. The Morgan fingerprint density at radius 1 is 0.870 bits per heavy atom. The van der Waals surface area contributed by atoms with Crippen molar-refractivity contribution in [3.05, 3.63) is 53.6 Å². The van der Waals surface area contributed by atoms with E-state index in [2.05, 4.69) is 0 Å².